The van der Waals surface area contributed by atoms with Gasteiger partial charge in [-0.2, -0.15) is 0 Å². The Morgan fingerprint density at radius 2 is 2.44 bits per heavy atom. The third-order valence-electron chi connectivity index (χ3n) is 2.53. The van der Waals surface area contributed by atoms with Crippen LogP contribution in [0.15, 0.2) is 6.20 Å². The molecule has 1 saturated heterocycles. The second kappa shape index (κ2) is 4.48. The number of aromatic nitrogens is 3. The Kier molecular flexibility index (Phi) is 3.04. The highest BCUT2D eigenvalue weighted by Crippen LogP contribution is 2.06. The van der Waals surface area contributed by atoms with Crippen LogP contribution in [0.2, 0.25) is 0 Å². The van der Waals surface area contributed by atoms with Gasteiger partial charge in [0, 0.05) is 19.6 Å². The lowest BCUT2D eigenvalue weighted by atomic mass is 10.3. The summed E-state index contributed by atoms with van der Waals surface area (Å²) in [5.41, 5.74) is 0.547. The molecule has 1 atom stereocenters. The number of aliphatic hydroxyl groups excluding tert-OH is 1. The van der Waals surface area contributed by atoms with E-state index in [0.717, 1.165) is 6.54 Å². The average molecular weight is 225 g/mol. The molecule has 1 fully saturated rings. The van der Waals surface area contributed by atoms with Crippen molar-refractivity contribution in [3.8, 4) is 0 Å². The van der Waals surface area contributed by atoms with Crippen LogP contribution in [0.25, 0.3) is 0 Å². The van der Waals surface area contributed by atoms with Gasteiger partial charge < -0.3 is 15.3 Å². The molecule has 2 heterocycles. The number of rotatable bonds is 4. The topological polar surface area (TPSA) is 83.3 Å². The van der Waals surface area contributed by atoms with Crippen LogP contribution < -0.4 is 5.32 Å². The number of hydrogen-bond donors (Lipinski definition) is 2. The quantitative estimate of drug-likeness (QED) is 0.713. The van der Waals surface area contributed by atoms with Gasteiger partial charge in [-0.25, -0.2) is 4.79 Å². The minimum atomic E-state index is -0.608. The number of carbonyl (C=O) groups excluding carboxylic acids is 1. The number of carbonyl (C=O) groups is 1. The molecule has 1 aliphatic heterocycles. The predicted molar refractivity (Wildman–Crippen MR) is 55.6 cm³/mol. The van der Waals surface area contributed by atoms with E-state index in [0.29, 0.717) is 25.3 Å². The molecule has 1 unspecified atom stereocenters. The van der Waals surface area contributed by atoms with E-state index in [1.807, 2.05) is 0 Å². The third kappa shape index (κ3) is 2.30. The van der Waals surface area contributed by atoms with Gasteiger partial charge in [0.2, 0.25) is 0 Å². The van der Waals surface area contributed by atoms with Crippen molar-refractivity contribution in [3.63, 3.8) is 0 Å². The molecule has 88 valence electrons. The van der Waals surface area contributed by atoms with E-state index in [2.05, 4.69) is 15.6 Å². The Morgan fingerprint density at radius 3 is 3.00 bits per heavy atom. The molecule has 2 N–H and O–H groups in total. The smallest absolute Gasteiger partial charge is 0.317 e. The molecule has 0 saturated carbocycles. The van der Waals surface area contributed by atoms with E-state index in [1.54, 1.807) is 22.7 Å². The van der Waals surface area contributed by atoms with Gasteiger partial charge >= 0.3 is 6.03 Å². The number of nitrogens with one attached hydrogen (secondary N) is 1. The summed E-state index contributed by atoms with van der Waals surface area (Å²) in [5.74, 6) is 0. The fourth-order valence-corrected chi connectivity index (χ4v) is 1.56. The molecular weight excluding hydrogens is 210 g/mol. The lowest BCUT2D eigenvalue weighted by Crippen LogP contribution is -2.31. The summed E-state index contributed by atoms with van der Waals surface area (Å²) in [5, 5.41) is 19.7. The Labute approximate surface area is 93.0 Å². The number of hydrogen-bond acceptors (Lipinski definition) is 4. The van der Waals surface area contributed by atoms with Crippen molar-refractivity contribution in [2.24, 2.45) is 0 Å². The molecule has 0 bridgehead atoms. The molecule has 7 nitrogen and oxygen atoms in total. The average Bonchev–Trinajstić information content (AvgIpc) is 2.83. The Bertz CT molecular complexity index is 376. The van der Waals surface area contributed by atoms with Crippen molar-refractivity contribution >= 4 is 6.03 Å². The summed E-state index contributed by atoms with van der Waals surface area (Å²) in [6, 6.07) is -0.0316. The van der Waals surface area contributed by atoms with Crippen LogP contribution >= 0.6 is 0 Å². The zero-order valence-corrected chi connectivity index (χ0v) is 9.13. The van der Waals surface area contributed by atoms with Crippen LogP contribution in [0.3, 0.4) is 0 Å². The molecule has 7 heteroatoms. The number of amides is 2. The van der Waals surface area contributed by atoms with Crippen molar-refractivity contribution in [2.75, 3.05) is 19.6 Å². The zero-order valence-electron chi connectivity index (χ0n) is 9.13. The predicted octanol–water partition coefficient (Wildman–Crippen LogP) is -0.643. The van der Waals surface area contributed by atoms with Gasteiger partial charge in [0.1, 0.15) is 5.69 Å². The fraction of sp³-hybridized carbons (Fsp3) is 0.667. The number of aliphatic hydroxyl groups is 1. The first-order valence-corrected chi connectivity index (χ1v) is 5.27. The van der Waals surface area contributed by atoms with Crippen molar-refractivity contribution in [2.45, 2.75) is 19.6 Å². The molecule has 0 aliphatic carbocycles. The molecule has 0 aromatic carbocycles. The van der Waals surface area contributed by atoms with Crippen LogP contribution in [0, 0.1) is 0 Å². The third-order valence-corrected chi connectivity index (χ3v) is 2.53. The Hall–Kier alpha value is -1.63. The molecule has 0 spiro atoms. The van der Waals surface area contributed by atoms with E-state index in [-0.39, 0.29) is 6.03 Å². The SMILES string of the molecule is CC(O)c1cn(CCN2CCNC2=O)nn1. The Balaban J connectivity index is 1.87. The van der Waals surface area contributed by atoms with Gasteiger partial charge in [-0.15, -0.1) is 5.10 Å². The lowest BCUT2D eigenvalue weighted by Gasteiger charge is -2.12. The highest BCUT2D eigenvalue weighted by molar-refractivity contribution is 5.76. The highest BCUT2D eigenvalue weighted by Gasteiger charge is 2.18. The van der Waals surface area contributed by atoms with Crippen LogP contribution in [-0.2, 0) is 6.54 Å². The zero-order chi connectivity index (χ0) is 11.5. The van der Waals surface area contributed by atoms with Crippen molar-refractivity contribution in [3.05, 3.63) is 11.9 Å². The van der Waals surface area contributed by atoms with E-state index in [1.165, 1.54) is 0 Å². The summed E-state index contributed by atoms with van der Waals surface area (Å²) < 4.78 is 1.63. The summed E-state index contributed by atoms with van der Waals surface area (Å²) >= 11 is 0. The maximum absolute atomic E-state index is 11.2. The highest BCUT2D eigenvalue weighted by atomic mass is 16.3. The summed E-state index contributed by atoms with van der Waals surface area (Å²) in [6.45, 7) is 4.27. The van der Waals surface area contributed by atoms with Gasteiger partial charge in [-0.3, -0.25) is 4.68 Å². The molecule has 1 aromatic heterocycles. The van der Waals surface area contributed by atoms with E-state index in [9.17, 15) is 9.90 Å². The summed E-state index contributed by atoms with van der Waals surface area (Å²) in [7, 11) is 0. The van der Waals surface area contributed by atoms with E-state index in [4.69, 9.17) is 0 Å². The Morgan fingerprint density at radius 1 is 1.62 bits per heavy atom. The van der Waals surface area contributed by atoms with Gasteiger partial charge in [-0.05, 0) is 6.92 Å². The van der Waals surface area contributed by atoms with Gasteiger partial charge in [0.15, 0.2) is 0 Å². The van der Waals surface area contributed by atoms with Gasteiger partial charge in [0.05, 0.1) is 18.8 Å². The molecule has 2 rings (SSSR count). The molecular formula is C9H15N5O2. The van der Waals surface area contributed by atoms with Crippen LogP contribution in [0.5, 0.6) is 0 Å². The van der Waals surface area contributed by atoms with Crippen LogP contribution in [0.1, 0.15) is 18.7 Å². The molecule has 1 aliphatic rings. The lowest BCUT2D eigenvalue weighted by molar-refractivity contribution is 0.194. The molecule has 2 amide bonds. The molecule has 0 radical (unpaired) electrons. The normalized spacial score (nSPS) is 17.6. The summed E-state index contributed by atoms with van der Waals surface area (Å²) in [4.78, 5) is 13.0. The van der Waals surface area contributed by atoms with Crippen LogP contribution in [0.4, 0.5) is 4.79 Å². The standard InChI is InChI=1S/C9H15N5O2/c1-7(15)8-6-14(12-11-8)5-4-13-3-2-10-9(13)16/h6-7,15H,2-5H2,1H3,(H,10,16). The maximum Gasteiger partial charge on any atom is 0.317 e. The van der Waals surface area contributed by atoms with Crippen LogP contribution in [-0.4, -0.2) is 50.7 Å². The second-order valence-corrected chi connectivity index (χ2v) is 3.80. The molecule has 1 aromatic rings. The van der Waals surface area contributed by atoms with Gasteiger partial charge in [-0.1, -0.05) is 5.21 Å². The van der Waals surface area contributed by atoms with Gasteiger partial charge in [0.25, 0.3) is 0 Å². The van der Waals surface area contributed by atoms with E-state index >= 15 is 0 Å². The minimum Gasteiger partial charge on any atom is -0.387 e. The van der Waals surface area contributed by atoms with Crippen molar-refractivity contribution in [1.29, 1.82) is 0 Å². The maximum atomic E-state index is 11.2. The van der Waals surface area contributed by atoms with Crippen molar-refractivity contribution in [1.82, 2.24) is 25.2 Å². The number of urea groups is 1. The first-order chi connectivity index (χ1) is 7.66. The monoisotopic (exact) mass is 225 g/mol. The number of nitrogens with zero attached hydrogens (tertiary/aromatic N) is 4. The van der Waals surface area contributed by atoms with Crippen molar-refractivity contribution < 1.29 is 9.90 Å². The fourth-order valence-electron chi connectivity index (χ4n) is 1.56. The summed E-state index contributed by atoms with van der Waals surface area (Å²) in [6.07, 6.45) is 1.09. The first kappa shape index (κ1) is 10.9. The van der Waals surface area contributed by atoms with E-state index < -0.39 is 6.10 Å². The minimum absolute atomic E-state index is 0.0316. The second-order valence-electron chi connectivity index (χ2n) is 3.80. The largest absolute Gasteiger partial charge is 0.387 e. The molecule has 16 heavy (non-hydrogen) atoms. The first-order valence-electron chi connectivity index (χ1n) is 5.27.